The van der Waals surface area contributed by atoms with Crippen LogP contribution in [0.25, 0.3) is 0 Å². The third kappa shape index (κ3) is 3.71. The van der Waals surface area contributed by atoms with E-state index in [1.54, 1.807) is 0 Å². The highest BCUT2D eigenvalue weighted by molar-refractivity contribution is 5.70. The van der Waals surface area contributed by atoms with Crippen molar-refractivity contribution in [3.05, 3.63) is 0 Å². The van der Waals surface area contributed by atoms with Crippen LogP contribution in [0, 0.1) is 5.92 Å². The van der Waals surface area contributed by atoms with Crippen molar-refractivity contribution in [3.63, 3.8) is 0 Å². The van der Waals surface area contributed by atoms with Crippen LogP contribution >= 0.6 is 0 Å². The minimum absolute atomic E-state index is 0.0531. The highest BCUT2D eigenvalue weighted by Crippen LogP contribution is 2.36. The number of rotatable bonds is 3. The second kappa shape index (κ2) is 5.60. The van der Waals surface area contributed by atoms with Crippen LogP contribution in [0.1, 0.15) is 59.3 Å². The smallest absolute Gasteiger partial charge is 0.307 e. The maximum Gasteiger partial charge on any atom is 0.307 e. The molecule has 0 spiro atoms. The van der Waals surface area contributed by atoms with E-state index in [2.05, 4.69) is 4.90 Å². The van der Waals surface area contributed by atoms with Crippen molar-refractivity contribution in [2.45, 2.75) is 70.9 Å². The average Bonchev–Trinajstić information content (AvgIpc) is 2.72. The van der Waals surface area contributed by atoms with E-state index in [0.717, 1.165) is 18.5 Å². The van der Waals surface area contributed by atoms with Gasteiger partial charge in [0.1, 0.15) is 5.60 Å². The van der Waals surface area contributed by atoms with Crippen LogP contribution < -0.4 is 0 Å². The third-order valence-electron chi connectivity index (χ3n) is 4.13. The first-order valence-corrected chi connectivity index (χ1v) is 7.41. The van der Waals surface area contributed by atoms with Crippen LogP contribution in [0.15, 0.2) is 0 Å². The number of nitrogens with zero attached hydrogens (tertiary/aromatic N) is 1. The second-order valence-corrected chi connectivity index (χ2v) is 6.77. The molecule has 1 saturated heterocycles. The van der Waals surface area contributed by atoms with Gasteiger partial charge >= 0.3 is 5.97 Å². The van der Waals surface area contributed by atoms with Gasteiger partial charge in [-0.05, 0) is 58.9 Å². The maximum atomic E-state index is 11.7. The molecule has 2 aliphatic rings. The summed E-state index contributed by atoms with van der Waals surface area (Å²) in [4.78, 5) is 14.3. The fraction of sp³-hybridized carbons (Fsp3) is 0.933. The zero-order valence-corrected chi connectivity index (χ0v) is 12.1. The summed E-state index contributed by atoms with van der Waals surface area (Å²) in [6.07, 6.45) is 7.34. The monoisotopic (exact) mass is 253 g/mol. The molecule has 104 valence electrons. The first-order chi connectivity index (χ1) is 8.46. The quantitative estimate of drug-likeness (QED) is 0.724. The molecular weight excluding hydrogens is 226 g/mol. The Kier molecular flexibility index (Phi) is 4.31. The molecule has 0 aromatic heterocycles. The summed E-state index contributed by atoms with van der Waals surface area (Å²) in [6, 6.07) is 0.751. The fourth-order valence-corrected chi connectivity index (χ4v) is 3.46. The topological polar surface area (TPSA) is 29.5 Å². The SMILES string of the molecule is CC(C)(C)OC(=O)CCN1CCCC2CCCC21. The van der Waals surface area contributed by atoms with Crippen molar-refractivity contribution in [1.29, 1.82) is 0 Å². The van der Waals surface area contributed by atoms with Crippen molar-refractivity contribution < 1.29 is 9.53 Å². The number of hydrogen-bond acceptors (Lipinski definition) is 3. The standard InChI is InChI=1S/C15H27NO2/c1-15(2,3)18-14(17)9-11-16-10-5-7-12-6-4-8-13(12)16/h12-13H,4-11H2,1-3H3. The van der Waals surface area contributed by atoms with Crippen LogP contribution in [-0.4, -0.2) is 35.6 Å². The largest absolute Gasteiger partial charge is 0.460 e. The zero-order chi connectivity index (χ0) is 13.2. The van der Waals surface area contributed by atoms with Gasteiger partial charge in [-0.1, -0.05) is 6.42 Å². The van der Waals surface area contributed by atoms with Crippen molar-refractivity contribution in [1.82, 2.24) is 4.90 Å². The first-order valence-electron chi connectivity index (χ1n) is 7.41. The van der Waals surface area contributed by atoms with Gasteiger partial charge in [-0.15, -0.1) is 0 Å². The molecule has 3 nitrogen and oxygen atoms in total. The molecule has 0 N–H and O–H groups in total. The molecule has 0 aromatic rings. The summed E-state index contributed by atoms with van der Waals surface area (Å²) in [6.45, 7) is 7.84. The zero-order valence-electron chi connectivity index (χ0n) is 12.1. The second-order valence-electron chi connectivity index (χ2n) is 6.77. The van der Waals surface area contributed by atoms with Crippen LogP contribution in [0.2, 0.25) is 0 Å². The Hall–Kier alpha value is -0.570. The van der Waals surface area contributed by atoms with Crippen LogP contribution in [0.4, 0.5) is 0 Å². The molecule has 2 fully saturated rings. The van der Waals surface area contributed by atoms with Gasteiger partial charge in [0.15, 0.2) is 0 Å². The van der Waals surface area contributed by atoms with Crippen molar-refractivity contribution >= 4 is 5.97 Å². The summed E-state index contributed by atoms with van der Waals surface area (Å²) in [5, 5.41) is 0. The maximum absolute atomic E-state index is 11.7. The van der Waals surface area contributed by atoms with E-state index < -0.39 is 0 Å². The summed E-state index contributed by atoms with van der Waals surface area (Å²) in [5.74, 6) is 0.847. The molecule has 1 aliphatic carbocycles. The van der Waals surface area contributed by atoms with E-state index in [9.17, 15) is 4.79 Å². The molecule has 1 heterocycles. The Labute approximate surface area is 111 Å². The van der Waals surface area contributed by atoms with E-state index >= 15 is 0 Å². The fourth-order valence-electron chi connectivity index (χ4n) is 3.46. The third-order valence-corrected chi connectivity index (χ3v) is 4.13. The summed E-state index contributed by atoms with van der Waals surface area (Å²) < 4.78 is 5.37. The molecule has 2 atom stereocenters. The van der Waals surface area contributed by atoms with Gasteiger partial charge < -0.3 is 4.74 Å². The van der Waals surface area contributed by atoms with Gasteiger partial charge in [-0.2, -0.15) is 0 Å². The Morgan fingerprint density at radius 2 is 1.94 bits per heavy atom. The van der Waals surface area contributed by atoms with Crippen LogP contribution in [0.5, 0.6) is 0 Å². The highest BCUT2D eigenvalue weighted by atomic mass is 16.6. The number of likely N-dealkylation sites (tertiary alicyclic amines) is 1. The summed E-state index contributed by atoms with van der Waals surface area (Å²) in [5.41, 5.74) is -0.352. The van der Waals surface area contributed by atoms with Gasteiger partial charge in [0.05, 0.1) is 6.42 Å². The number of fused-ring (bicyclic) bond motifs is 1. The van der Waals surface area contributed by atoms with Gasteiger partial charge in [0, 0.05) is 12.6 Å². The molecule has 1 saturated carbocycles. The Balaban J connectivity index is 1.77. The molecular formula is C15H27NO2. The van der Waals surface area contributed by atoms with Gasteiger partial charge in [0.25, 0.3) is 0 Å². The Morgan fingerprint density at radius 1 is 1.22 bits per heavy atom. The lowest BCUT2D eigenvalue weighted by Gasteiger charge is -2.37. The number of ether oxygens (including phenoxy) is 1. The number of carbonyl (C=O) groups excluding carboxylic acids is 1. The Morgan fingerprint density at radius 3 is 2.67 bits per heavy atom. The molecule has 3 heteroatoms. The molecule has 0 amide bonds. The molecule has 18 heavy (non-hydrogen) atoms. The van der Waals surface area contributed by atoms with E-state index in [0.29, 0.717) is 6.42 Å². The lowest BCUT2D eigenvalue weighted by atomic mass is 9.92. The molecule has 2 unspecified atom stereocenters. The van der Waals surface area contributed by atoms with E-state index in [1.807, 2.05) is 20.8 Å². The Bertz CT molecular complexity index is 295. The lowest BCUT2D eigenvalue weighted by Crippen LogP contribution is -2.43. The van der Waals surface area contributed by atoms with Crippen LogP contribution in [0.3, 0.4) is 0 Å². The normalized spacial score (nSPS) is 29.1. The molecule has 0 bridgehead atoms. The lowest BCUT2D eigenvalue weighted by molar-refractivity contribution is -0.155. The number of hydrogen-bond donors (Lipinski definition) is 0. The van der Waals surface area contributed by atoms with E-state index in [4.69, 9.17) is 4.74 Å². The molecule has 0 radical (unpaired) electrons. The molecule has 2 rings (SSSR count). The van der Waals surface area contributed by atoms with Gasteiger partial charge in [0.2, 0.25) is 0 Å². The summed E-state index contributed by atoms with van der Waals surface area (Å²) in [7, 11) is 0. The number of carbonyl (C=O) groups is 1. The van der Waals surface area contributed by atoms with Crippen molar-refractivity contribution in [2.24, 2.45) is 5.92 Å². The minimum Gasteiger partial charge on any atom is -0.460 e. The van der Waals surface area contributed by atoms with E-state index in [1.165, 1.54) is 38.6 Å². The van der Waals surface area contributed by atoms with E-state index in [-0.39, 0.29) is 11.6 Å². The minimum atomic E-state index is -0.352. The number of esters is 1. The predicted molar refractivity (Wildman–Crippen MR) is 72.4 cm³/mol. The van der Waals surface area contributed by atoms with Gasteiger partial charge in [-0.3, -0.25) is 9.69 Å². The highest BCUT2D eigenvalue weighted by Gasteiger charge is 2.34. The van der Waals surface area contributed by atoms with Crippen molar-refractivity contribution in [3.8, 4) is 0 Å². The van der Waals surface area contributed by atoms with Crippen molar-refractivity contribution in [2.75, 3.05) is 13.1 Å². The first kappa shape index (κ1) is 13.9. The number of piperidine rings is 1. The van der Waals surface area contributed by atoms with Gasteiger partial charge in [-0.25, -0.2) is 0 Å². The molecule has 1 aliphatic heterocycles. The summed E-state index contributed by atoms with van der Waals surface area (Å²) >= 11 is 0. The van der Waals surface area contributed by atoms with Crippen LogP contribution in [-0.2, 0) is 9.53 Å². The average molecular weight is 253 g/mol. The molecule has 0 aromatic carbocycles. The predicted octanol–water partition coefficient (Wildman–Crippen LogP) is 2.98.